The van der Waals surface area contributed by atoms with Crippen molar-refractivity contribution in [2.75, 3.05) is 5.43 Å². The van der Waals surface area contributed by atoms with Crippen LogP contribution in [0, 0.1) is 0 Å². The lowest BCUT2D eigenvalue weighted by Crippen LogP contribution is -1.90. The molecule has 0 radical (unpaired) electrons. The molecule has 2 aromatic rings. The van der Waals surface area contributed by atoms with Gasteiger partial charge in [-0.05, 0) is 29.8 Å². The fourth-order valence-electron chi connectivity index (χ4n) is 1.28. The third-order valence-corrected chi connectivity index (χ3v) is 3.00. The first kappa shape index (κ1) is 12.1. The van der Waals surface area contributed by atoms with E-state index in [2.05, 4.69) is 26.5 Å². The minimum Gasteiger partial charge on any atom is -0.277 e. The topological polar surface area (TPSA) is 24.4 Å². The van der Waals surface area contributed by atoms with Crippen molar-refractivity contribution in [3.63, 3.8) is 0 Å². The summed E-state index contributed by atoms with van der Waals surface area (Å²) in [5, 5.41) is 4.78. The normalized spacial score (nSPS) is 10.7. The Kier molecular flexibility index (Phi) is 4.18. The van der Waals surface area contributed by atoms with Gasteiger partial charge in [0.15, 0.2) is 0 Å². The minimum absolute atomic E-state index is 0.653. The van der Waals surface area contributed by atoms with Crippen molar-refractivity contribution in [1.82, 2.24) is 0 Å². The van der Waals surface area contributed by atoms with E-state index in [1.807, 2.05) is 48.5 Å². The number of hydrogen-bond acceptors (Lipinski definition) is 2. The van der Waals surface area contributed by atoms with E-state index < -0.39 is 0 Å². The van der Waals surface area contributed by atoms with Gasteiger partial charge in [-0.25, -0.2) is 0 Å². The Bertz CT molecular complexity index is 523. The fourth-order valence-corrected chi connectivity index (χ4v) is 1.72. The predicted octanol–water partition coefficient (Wildman–Crippen LogP) is 4.55. The van der Waals surface area contributed by atoms with Crippen molar-refractivity contribution in [2.24, 2.45) is 5.10 Å². The summed E-state index contributed by atoms with van der Waals surface area (Å²) in [6.45, 7) is 0. The van der Waals surface area contributed by atoms with Crippen LogP contribution in [0.3, 0.4) is 0 Å². The molecular formula is C13H10BrClN2. The second-order valence-electron chi connectivity index (χ2n) is 3.40. The lowest BCUT2D eigenvalue weighted by Gasteiger charge is -2.01. The van der Waals surface area contributed by atoms with E-state index in [-0.39, 0.29) is 0 Å². The van der Waals surface area contributed by atoms with E-state index in [0.29, 0.717) is 5.02 Å². The molecule has 0 unspecified atom stereocenters. The second-order valence-corrected chi connectivity index (χ2v) is 4.72. The first-order valence-corrected chi connectivity index (χ1v) is 6.22. The van der Waals surface area contributed by atoms with Crippen LogP contribution >= 0.6 is 27.5 Å². The SMILES string of the molecule is Clc1ccccc1N/N=C/c1ccc(Br)cc1. The summed E-state index contributed by atoms with van der Waals surface area (Å²) >= 11 is 9.37. The minimum atomic E-state index is 0.653. The highest BCUT2D eigenvalue weighted by atomic mass is 79.9. The van der Waals surface area contributed by atoms with Crippen molar-refractivity contribution in [3.05, 3.63) is 63.6 Å². The van der Waals surface area contributed by atoms with Gasteiger partial charge in [-0.3, -0.25) is 5.43 Å². The molecule has 0 aliphatic heterocycles. The molecule has 0 atom stereocenters. The van der Waals surface area contributed by atoms with Gasteiger partial charge in [-0.15, -0.1) is 0 Å². The van der Waals surface area contributed by atoms with Gasteiger partial charge < -0.3 is 0 Å². The summed E-state index contributed by atoms with van der Waals surface area (Å²) in [5.74, 6) is 0. The van der Waals surface area contributed by atoms with E-state index in [1.165, 1.54) is 0 Å². The molecule has 2 aromatic carbocycles. The van der Waals surface area contributed by atoms with Crippen molar-refractivity contribution in [1.29, 1.82) is 0 Å². The summed E-state index contributed by atoms with van der Waals surface area (Å²) in [6, 6.07) is 15.4. The number of benzene rings is 2. The molecule has 1 N–H and O–H groups in total. The summed E-state index contributed by atoms with van der Waals surface area (Å²) in [5.41, 5.74) is 4.72. The summed E-state index contributed by atoms with van der Waals surface area (Å²) in [6.07, 6.45) is 1.75. The van der Waals surface area contributed by atoms with E-state index in [1.54, 1.807) is 6.21 Å². The fraction of sp³-hybridized carbons (Fsp3) is 0. The molecule has 86 valence electrons. The highest BCUT2D eigenvalue weighted by Gasteiger charge is 1.94. The van der Waals surface area contributed by atoms with Crippen LogP contribution < -0.4 is 5.43 Å². The molecule has 0 aliphatic carbocycles. The maximum absolute atomic E-state index is 5.98. The van der Waals surface area contributed by atoms with Gasteiger partial charge in [0.2, 0.25) is 0 Å². The van der Waals surface area contributed by atoms with Gasteiger partial charge in [-0.2, -0.15) is 5.10 Å². The van der Waals surface area contributed by atoms with Crippen LogP contribution in [0.5, 0.6) is 0 Å². The number of hydrazone groups is 1. The van der Waals surface area contributed by atoms with E-state index in [4.69, 9.17) is 11.6 Å². The van der Waals surface area contributed by atoms with Gasteiger partial charge >= 0.3 is 0 Å². The van der Waals surface area contributed by atoms with Crippen LogP contribution in [0.4, 0.5) is 5.69 Å². The monoisotopic (exact) mass is 308 g/mol. The van der Waals surface area contributed by atoms with Gasteiger partial charge in [0.05, 0.1) is 16.9 Å². The van der Waals surface area contributed by atoms with Crippen molar-refractivity contribution >= 4 is 39.4 Å². The van der Waals surface area contributed by atoms with Crippen LogP contribution in [0.2, 0.25) is 5.02 Å². The zero-order chi connectivity index (χ0) is 12.1. The third kappa shape index (κ3) is 3.58. The van der Waals surface area contributed by atoms with Gasteiger partial charge in [0.1, 0.15) is 0 Å². The molecule has 0 amide bonds. The number of para-hydroxylation sites is 1. The molecule has 0 saturated heterocycles. The van der Waals surface area contributed by atoms with Crippen molar-refractivity contribution < 1.29 is 0 Å². The lowest BCUT2D eigenvalue weighted by molar-refractivity contribution is 1.35. The first-order chi connectivity index (χ1) is 8.25. The smallest absolute Gasteiger partial charge is 0.0748 e. The number of rotatable bonds is 3. The van der Waals surface area contributed by atoms with Crippen LogP contribution in [0.25, 0.3) is 0 Å². The van der Waals surface area contributed by atoms with Gasteiger partial charge in [0.25, 0.3) is 0 Å². The van der Waals surface area contributed by atoms with Crippen molar-refractivity contribution in [3.8, 4) is 0 Å². The summed E-state index contributed by atoms with van der Waals surface area (Å²) in [4.78, 5) is 0. The first-order valence-electron chi connectivity index (χ1n) is 5.05. The maximum atomic E-state index is 5.98. The Hall–Kier alpha value is -1.32. The Labute approximate surface area is 113 Å². The Morgan fingerprint density at radius 3 is 2.47 bits per heavy atom. The number of hydrogen-bond donors (Lipinski definition) is 1. The number of nitrogens with one attached hydrogen (secondary N) is 1. The van der Waals surface area contributed by atoms with Crippen molar-refractivity contribution in [2.45, 2.75) is 0 Å². The Morgan fingerprint density at radius 1 is 1.06 bits per heavy atom. The average Bonchev–Trinajstić information content (AvgIpc) is 2.34. The highest BCUT2D eigenvalue weighted by Crippen LogP contribution is 2.20. The van der Waals surface area contributed by atoms with E-state index in [9.17, 15) is 0 Å². The maximum Gasteiger partial charge on any atom is 0.0748 e. The molecule has 0 saturated carbocycles. The molecule has 0 spiro atoms. The molecule has 0 heterocycles. The number of halogens is 2. The van der Waals surface area contributed by atoms with Crippen LogP contribution in [0.15, 0.2) is 58.1 Å². The van der Waals surface area contributed by atoms with Gasteiger partial charge in [0, 0.05) is 4.47 Å². The zero-order valence-corrected chi connectivity index (χ0v) is 11.2. The second kappa shape index (κ2) is 5.84. The third-order valence-electron chi connectivity index (χ3n) is 2.14. The molecular weight excluding hydrogens is 300 g/mol. The average molecular weight is 310 g/mol. The van der Waals surface area contributed by atoms with Crippen LogP contribution in [0.1, 0.15) is 5.56 Å². The summed E-state index contributed by atoms with van der Waals surface area (Å²) in [7, 11) is 0. The summed E-state index contributed by atoms with van der Waals surface area (Å²) < 4.78 is 1.05. The molecule has 2 nitrogen and oxygen atoms in total. The standard InChI is InChI=1S/C13H10BrClN2/c14-11-7-5-10(6-8-11)9-16-17-13-4-2-1-3-12(13)15/h1-9,17H/b16-9+. The lowest BCUT2D eigenvalue weighted by atomic mass is 10.2. The molecule has 0 fully saturated rings. The predicted molar refractivity (Wildman–Crippen MR) is 76.8 cm³/mol. The largest absolute Gasteiger partial charge is 0.277 e. The highest BCUT2D eigenvalue weighted by molar-refractivity contribution is 9.10. The zero-order valence-electron chi connectivity index (χ0n) is 8.90. The molecule has 0 aliphatic rings. The Balaban J connectivity index is 2.03. The van der Waals surface area contributed by atoms with Gasteiger partial charge in [-0.1, -0.05) is 51.8 Å². The Morgan fingerprint density at radius 2 is 1.76 bits per heavy atom. The number of nitrogens with zero attached hydrogens (tertiary/aromatic N) is 1. The molecule has 0 bridgehead atoms. The number of anilines is 1. The quantitative estimate of drug-likeness (QED) is 0.653. The molecule has 2 rings (SSSR count). The van der Waals surface area contributed by atoms with E-state index >= 15 is 0 Å². The molecule has 17 heavy (non-hydrogen) atoms. The molecule has 0 aromatic heterocycles. The van der Waals surface area contributed by atoms with Crippen LogP contribution in [-0.2, 0) is 0 Å². The molecule has 4 heteroatoms. The van der Waals surface area contributed by atoms with E-state index in [0.717, 1.165) is 15.7 Å². The van der Waals surface area contributed by atoms with Crippen LogP contribution in [-0.4, -0.2) is 6.21 Å².